The molecule has 1 aromatic rings. The molecule has 3 rings (SSSR count). The summed E-state index contributed by atoms with van der Waals surface area (Å²) < 4.78 is 5.01. The summed E-state index contributed by atoms with van der Waals surface area (Å²) in [5.74, 6) is -0.00696. The Hall–Kier alpha value is -2.45. The van der Waals surface area contributed by atoms with Gasteiger partial charge in [-0.15, -0.1) is 0 Å². The number of esters is 1. The number of hydrogen-bond donors (Lipinski definition) is 2. The van der Waals surface area contributed by atoms with E-state index in [-0.39, 0.29) is 11.4 Å². The van der Waals surface area contributed by atoms with Crippen LogP contribution in [0.2, 0.25) is 0 Å². The van der Waals surface area contributed by atoms with Gasteiger partial charge in [0.1, 0.15) is 5.78 Å². The summed E-state index contributed by atoms with van der Waals surface area (Å²) in [6.45, 7) is 11.7. The Bertz CT molecular complexity index is 859. The molecule has 174 valence electrons. The molecule has 0 aromatic heterocycles. The molecule has 0 spiro atoms. The lowest BCUT2D eigenvalue weighted by Gasteiger charge is -2.36. The largest absolute Gasteiger partial charge is 0.462 e. The standard InChI is InChI=1S/C24H34N4O3S/c1-4-31-22(30)18-5-7-19(8-6-18)26-23(32)28-13-11-27(12-14-28)10-9-25-20-15-21(29)17-24(2,3)16-20/h5-8,16,25H,4,9-15,17H2,1-3H3,(H,26,32). The first-order valence-electron chi connectivity index (χ1n) is 11.3. The Morgan fingerprint density at radius 3 is 2.47 bits per heavy atom. The second kappa shape index (κ2) is 10.9. The zero-order valence-electron chi connectivity index (χ0n) is 19.3. The van der Waals surface area contributed by atoms with E-state index in [1.54, 1.807) is 19.1 Å². The monoisotopic (exact) mass is 458 g/mol. The van der Waals surface area contributed by atoms with Crippen molar-refractivity contribution in [3.8, 4) is 0 Å². The van der Waals surface area contributed by atoms with E-state index in [2.05, 4.69) is 40.4 Å². The van der Waals surface area contributed by atoms with Crippen LogP contribution in [-0.2, 0) is 9.53 Å². The molecule has 0 unspecified atom stereocenters. The minimum atomic E-state index is -0.317. The van der Waals surface area contributed by atoms with Crippen molar-refractivity contribution >= 4 is 34.8 Å². The average Bonchev–Trinajstić information content (AvgIpc) is 2.73. The van der Waals surface area contributed by atoms with Crippen LogP contribution < -0.4 is 10.6 Å². The van der Waals surface area contributed by atoms with Crippen molar-refractivity contribution in [3.05, 3.63) is 41.6 Å². The highest BCUT2D eigenvalue weighted by atomic mass is 32.1. The Morgan fingerprint density at radius 1 is 1.16 bits per heavy atom. The minimum absolute atomic E-state index is 0.0505. The first-order chi connectivity index (χ1) is 15.3. The number of piperazine rings is 1. The summed E-state index contributed by atoms with van der Waals surface area (Å²) in [7, 11) is 0. The number of nitrogens with one attached hydrogen (secondary N) is 2. The van der Waals surface area contributed by atoms with E-state index in [4.69, 9.17) is 17.0 Å². The van der Waals surface area contributed by atoms with Crippen molar-refractivity contribution in [3.63, 3.8) is 0 Å². The fourth-order valence-corrected chi connectivity index (χ4v) is 4.43. The highest BCUT2D eigenvalue weighted by Crippen LogP contribution is 2.29. The average molecular weight is 459 g/mol. The second-order valence-corrected chi connectivity index (χ2v) is 9.42. The van der Waals surface area contributed by atoms with Crippen molar-refractivity contribution in [2.45, 2.75) is 33.6 Å². The predicted molar refractivity (Wildman–Crippen MR) is 131 cm³/mol. The Balaban J connectivity index is 1.39. The number of carbonyl (C=O) groups excluding carboxylic acids is 2. The highest BCUT2D eigenvalue weighted by Gasteiger charge is 2.26. The van der Waals surface area contributed by atoms with Crippen LogP contribution in [0, 0.1) is 5.41 Å². The van der Waals surface area contributed by atoms with E-state index in [0.717, 1.165) is 50.7 Å². The number of hydrogen-bond acceptors (Lipinski definition) is 6. The fraction of sp³-hybridized carbons (Fsp3) is 0.542. The summed E-state index contributed by atoms with van der Waals surface area (Å²) in [5.41, 5.74) is 2.39. The van der Waals surface area contributed by atoms with Gasteiger partial charge >= 0.3 is 5.97 Å². The van der Waals surface area contributed by atoms with Gasteiger partial charge in [0.25, 0.3) is 0 Å². The molecule has 2 N–H and O–H groups in total. The fourth-order valence-electron chi connectivity index (χ4n) is 4.13. The van der Waals surface area contributed by atoms with Crippen LogP contribution in [0.4, 0.5) is 5.69 Å². The van der Waals surface area contributed by atoms with Gasteiger partial charge in [-0.1, -0.05) is 19.9 Å². The molecule has 1 heterocycles. The van der Waals surface area contributed by atoms with E-state index in [1.165, 1.54) is 0 Å². The van der Waals surface area contributed by atoms with Gasteiger partial charge < -0.3 is 20.3 Å². The zero-order chi connectivity index (χ0) is 23.1. The molecule has 1 aliphatic heterocycles. The van der Waals surface area contributed by atoms with Gasteiger partial charge in [-0.05, 0) is 48.8 Å². The number of benzene rings is 1. The Morgan fingerprint density at radius 2 is 1.84 bits per heavy atom. The number of Topliss-reactive ketones (excluding diaryl/α,β-unsaturated/α-hetero) is 1. The van der Waals surface area contributed by atoms with Gasteiger partial charge in [0, 0.05) is 63.5 Å². The van der Waals surface area contributed by atoms with Crippen LogP contribution >= 0.6 is 12.2 Å². The van der Waals surface area contributed by atoms with Crippen LogP contribution in [-0.4, -0.2) is 72.5 Å². The molecule has 2 aliphatic rings. The lowest BCUT2D eigenvalue weighted by molar-refractivity contribution is -0.120. The van der Waals surface area contributed by atoms with Gasteiger partial charge in [0.2, 0.25) is 0 Å². The SMILES string of the molecule is CCOC(=O)c1ccc(NC(=S)N2CCN(CCNC3=CC(C)(C)CC(=O)C3)CC2)cc1. The third-order valence-corrected chi connectivity index (χ3v) is 6.05. The number of anilines is 1. The quantitative estimate of drug-likeness (QED) is 0.477. The highest BCUT2D eigenvalue weighted by molar-refractivity contribution is 7.80. The normalized spacial score (nSPS) is 18.7. The number of allylic oxidation sites excluding steroid dienone is 2. The van der Waals surface area contributed by atoms with Crippen LogP contribution in [0.5, 0.6) is 0 Å². The van der Waals surface area contributed by atoms with Crippen molar-refractivity contribution in [1.29, 1.82) is 0 Å². The van der Waals surface area contributed by atoms with E-state index in [1.807, 2.05) is 12.1 Å². The van der Waals surface area contributed by atoms with Gasteiger partial charge in [0.15, 0.2) is 5.11 Å². The Labute approximate surface area is 196 Å². The molecule has 1 saturated heterocycles. The number of ketones is 1. The van der Waals surface area contributed by atoms with Crippen molar-refractivity contribution in [1.82, 2.24) is 15.1 Å². The number of ether oxygens (including phenoxy) is 1. The number of carbonyl (C=O) groups is 2. The lowest BCUT2D eigenvalue weighted by atomic mass is 9.81. The smallest absolute Gasteiger partial charge is 0.338 e. The van der Waals surface area contributed by atoms with E-state index in [9.17, 15) is 9.59 Å². The third-order valence-electron chi connectivity index (χ3n) is 5.69. The van der Waals surface area contributed by atoms with Crippen molar-refractivity contribution < 1.29 is 14.3 Å². The maximum atomic E-state index is 11.9. The lowest BCUT2D eigenvalue weighted by Crippen LogP contribution is -2.51. The summed E-state index contributed by atoms with van der Waals surface area (Å²) in [6.07, 6.45) is 3.36. The first kappa shape index (κ1) is 24.2. The van der Waals surface area contributed by atoms with Gasteiger partial charge in [-0.3, -0.25) is 9.69 Å². The van der Waals surface area contributed by atoms with Gasteiger partial charge in [0.05, 0.1) is 12.2 Å². The number of nitrogens with zero attached hydrogens (tertiary/aromatic N) is 2. The van der Waals surface area contributed by atoms with Crippen LogP contribution in [0.25, 0.3) is 0 Å². The van der Waals surface area contributed by atoms with Crippen LogP contribution in [0.1, 0.15) is 44.0 Å². The topological polar surface area (TPSA) is 73.9 Å². The number of rotatable bonds is 7. The van der Waals surface area contributed by atoms with Gasteiger partial charge in [-0.25, -0.2) is 4.79 Å². The van der Waals surface area contributed by atoms with Crippen LogP contribution in [0.3, 0.4) is 0 Å². The maximum absolute atomic E-state index is 11.9. The summed E-state index contributed by atoms with van der Waals surface area (Å²) in [5, 5.41) is 7.41. The van der Waals surface area contributed by atoms with E-state index >= 15 is 0 Å². The molecule has 8 heteroatoms. The molecule has 32 heavy (non-hydrogen) atoms. The maximum Gasteiger partial charge on any atom is 0.338 e. The minimum Gasteiger partial charge on any atom is -0.462 e. The number of thiocarbonyl (C=S) groups is 1. The molecule has 7 nitrogen and oxygen atoms in total. The summed E-state index contributed by atoms with van der Waals surface area (Å²) >= 11 is 5.58. The van der Waals surface area contributed by atoms with E-state index in [0.29, 0.717) is 35.9 Å². The first-order valence-corrected chi connectivity index (χ1v) is 11.7. The molecule has 1 aliphatic carbocycles. The van der Waals surface area contributed by atoms with Gasteiger partial charge in [-0.2, -0.15) is 0 Å². The molecule has 0 amide bonds. The Kier molecular flexibility index (Phi) is 8.26. The molecule has 0 saturated carbocycles. The van der Waals surface area contributed by atoms with Crippen LogP contribution in [0.15, 0.2) is 36.0 Å². The van der Waals surface area contributed by atoms with Crippen molar-refractivity contribution in [2.75, 3.05) is 51.2 Å². The summed E-state index contributed by atoms with van der Waals surface area (Å²) in [4.78, 5) is 28.3. The molecule has 0 bridgehead atoms. The molecule has 0 radical (unpaired) electrons. The molecule has 1 fully saturated rings. The molecule has 1 aromatic carbocycles. The second-order valence-electron chi connectivity index (χ2n) is 9.03. The van der Waals surface area contributed by atoms with Crippen molar-refractivity contribution in [2.24, 2.45) is 5.41 Å². The predicted octanol–water partition coefficient (Wildman–Crippen LogP) is 3.04. The molecular formula is C24H34N4O3S. The zero-order valence-corrected chi connectivity index (χ0v) is 20.1. The third kappa shape index (κ3) is 7.03. The molecular weight excluding hydrogens is 424 g/mol. The summed E-state index contributed by atoms with van der Waals surface area (Å²) in [6, 6.07) is 7.16. The van der Waals surface area contributed by atoms with E-state index < -0.39 is 0 Å². The molecule has 0 atom stereocenters.